The third-order valence-corrected chi connectivity index (χ3v) is 6.70. The smallest absolute Gasteiger partial charge is 0.0329 e. The molecule has 1 heterocycles. The molecular formula is C16H32N2OS. The van der Waals surface area contributed by atoms with Gasteiger partial charge in [0.1, 0.15) is 0 Å². The van der Waals surface area contributed by atoms with Crippen LogP contribution in [0.4, 0.5) is 0 Å². The normalized spacial score (nSPS) is 34.1. The minimum Gasteiger partial charge on any atom is -0.313 e. The molecule has 2 aliphatic rings. The highest BCUT2D eigenvalue weighted by Crippen LogP contribution is 2.35. The molecule has 1 aliphatic heterocycles. The van der Waals surface area contributed by atoms with Gasteiger partial charge in [-0.3, -0.25) is 4.21 Å². The van der Waals surface area contributed by atoms with Gasteiger partial charge in [0.15, 0.2) is 0 Å². The number of likely N-dealkylation sites (tertiary alicyclic amines) is 1. The van der Waals surface area contributed by atoms with E-state index in [-0.39, 0.29) is 0 Å². The van der Waals surface area contributed by atoms with Gasteiger partial charge >= 0.3 is 0 Å². The minimum atomic E-state index is -0.682. The van der Waals surface area contributed by atoms with E-state index in [1.807, 2.05) is 6.26 Å². The molecule has 1 aliphatic carbocycles. The summed E-state index contributed by atoms with van der Waals surface area (Å²) >= 11 is 0. The van der Waals surface area contributed by atoms with Crippen LogP contribution in [0.2, 0.25) is 0 Å². The van der Waals surface area contributed by atoms with Crippen molar-refractivity contribution >= 4 is 10.8 Å². The van der Waals surface area contributed by atoms with Crippen LogP contribution >= 0.6 is 0 Å². The zero-order chi connectivity index (χ0) is 14.7. The summed E-state index contributed by atoms with van der Waals surface area (Å²) in [5, 5.41) is 4.13. The van der Waals surface area contributed by atoms with Gasteiger partial charge in [-0.2, -0.15) is 0 Å². The first-order chi connectivity index (χ1) is 9.49. The van der Waals surface area contributed by atoms with Crippen molar-refractivity contribution in [3.63, 3.8) is 0 Å². The SMILES string of the molecule is CC(C)N1CC2CCCC(C1)C2NCCC(C)S(C)=O. The van der Waals surface area contributed by atoms with E-state index in [0.717, 1.165) is 24.8 Å². The molecular weight excluding hydrogens is 268 g/mol. The quantitative estimate of drug-likeness (QED) is 0.816. The predicted octanol–water partition coefficient (Wildman–Crippen LogP) is 2.24. The Morgan fingerprint density at radius 3 is 2.30 bits per heavy atom. The first kappa shape index (κ1) is 16.4. The Morgan fingerprint density at radius 2 is 1.80 bits per heavy atom. The molecule has 1 saturated heterocycles. The number of fused-ring (bicyclic) bond motifs is 2. The van der Waals surface area contributed by atoms with Crippen LogP contribution in [0.3, 0.4) is 0 Å². The summed E-state index contributed by atoms with van der Waals surface area (Å²) in [5.74, 6) is 1.65. The van der Waals surface area contributed by atoms with Crippen molar-refractivity contribution in [2.24, 2.45) is 11.8 Å². The third kappa shape index (κ3) is 4.05. The molecule has 4 heteroatoms. The summed E-state index contributed by atoms with van der Waals surface area (Å²) in [5.41, 5.74) is 0. The van der Waals surface area contributed by atoms with Crippen LogP contribution in [0.15, 0.2) is 0 Å². The lowest BCUT2D eigenvalue weighted by atomic mass is 9.73. The molecule has 2 rings (SSSR count). The van der Waals surface area contributed by atoms with Crippen LogP contribution in [0.25, 0.3) is 0 Å². The maximum Gasteiger partial charge on any atom is 0.0329 e. The second-order valence-electron chi connectivity index (χ2n) is 7.08. The van der Waals surface area contributed by atoms with E-state index in [1.165, 1.54) is 32.4 Å². The summed E-state index contributed by atoms with van der Waals surface area (Å²) in [6, 6.07) is 1.39. The van der Waals surface area contributed by atoms with E-state index in [9.17, 15) is 4.21 Å². The van der Waals surface area contributed by atoms with E-state index < -0.39 is 10.8 Å². The maximum absolute atomic E-state index is 11.4. The first-order valence-corrected chi connectivity index (χ1v) is 9.90. The van der Waals surface area contributed by atoms with Gasteiger partial charge in [-0.25, -0.2) is 0 Å². The zero-order valence-corrected chi connectivity index (χ0v) is 14.4. The molecule has 1 saturated carbocycles. The highest BCUT2D eigenvalue weighted by molar-refractivity contribution is 7.84. The highest BCUT2D eigenvalue weighted by atomic mass is 32.2. The van der Waals surface area contributed by atoms with Gasteiger partial charge in [0.2, 0.25) is 0 Å². The van der Waals surface area contributed by atoms with Crippen LogP contribution < -0.4 is 5.32 Å². The van der Waals surface area contributed by atoms with Crippen LogP contribution in [0, 0.1) is 11.8 Å². The van der Waals surface area contributed by atoms with Crippen molar-refractivity contribution in [1.82, 2.24) is 10.2 Å². The molecule has 0 spiro atoms. The van der Waals surface area contributed by atoms with Crippen molar-refractivity contribution in [2.45, 2.75) is 63.8 Å². The predicted molar refractivity (Wildman–Crippen MR) is 87.5 cm³/mol. The first-order valence-electron chi connectivity index (χ1n) is 8.28. The van der Waals surface area contributed by atoms with Crippen LogP contribution in [-0.4, -0.2) is 52.3 Å². The van der Waals surface area contributed by atoms with Crippen molar-refractivity contribution in [1.29, 1.82) is 0 Å². The lowest BCUT2D eigenvalue weighted by Crippen LogP contribution is -2.58. The summed E-state index contributed by atoms with van der Waals surface area (Å²) in [6.07, 6.45) is 7.03. The van der Waals surface area contributed by atoms with E-state index >= 15 is 0 Å². The molecule has 4 atom stereocenters. The van der Waals surface area contributed by atoms with Crippen molar-refractivity contribution in [3.05, 3.63) is 0 Å². The van der Waals surface area contributed by atoms with Crippen LogP contribution in [-0.2, 0) is 10.8 Å². The Balaban J connectivity index is 1.84. The minimum absolute atomic E-state index is 0.318. The number of nitrogens with zero attached hydrogens (tertiary/aromatic N) is 1. The number of hydrogen-bond donors (Lipinski definition) is 1. The van der Waals surface area contributed by atoms with Crippen molar-refractivity contribution in [2.75, 3.05) is 25.9 Å². The van der Waals surface area contributed by atoms with Gasteiger partial charge in [-0.1, -0.05) is 13.3 Å². The highest BCUT2D eigenvalue weighted by Gasteiger charge is 2.39. The number of rotatable bonds is 6. The van der Waals surface area contributed by atoms with E-state index in [1.54, 1.807) is 0 Å². The molecule has 2 fully saturated rings. The van der Waals surface area contributed by atoms with Crippen molar-refractivity contribution in [3.8, 4) is 0 Å². The van der Waals surface area contributed by atoms with Gasteiger partial charge in [-0.15, -0.1) is 0 Å². The van der Waals surface area contributed by atoms with E-state index in [2.05, 4.69) is 31.0 Å². The molecule has 0 aromatic heterocycles. The average molecular weight is 301 g/mol. The second kappa shape index (κ2) is 7.37. The largest absolute Gasteiger partial charge is 0.313 e. The molecule has 1 N–H and O–H groups in total. The average Bonchev–Trinajstić information content (AvgIpc) is 2.37. The lowest BCUT2D eigenvalue weighted by Gasteiger charge is -2.49. The lowest BCUT2D eigenvalue weighted by molar-refractivity contribution is 0.0297. The zero-order valence-electron chi connectivity index (χ0n) is 13.6. The van der Waals surface area contributed by atoms with Gasteiger partial charge < -0.3 is 10.2 Å². The number of nitrogens with one attached hydrogen (secondary N) is 1. The van der Waals surface area contributed by atoms with Crippen LogP contribution in [0.1, 0.15) is 46.5 Å². The van der Waals surface area contributed by atoms with Gasteiger partial charge in [0.25, 0.3) is 0 Å². The standard InChI is InChI=1S/C16H32N2OS/c1-12(2)18-10-14-6-5-7-15(11-18)16(14)17-9-8-13(3)20(4)19/h12-17H,5-11H2,1-4H3. The van der Waals surface area contributed by atoms with Gasteiger partial charge in [-0.05, 0) is 51.5 Å². The fourth-order valence-electron chi connectivity index (χ4n) is 3.85. The summed E-state index contributed by atoms with van der Waals surface area (Å²) in [6.45, 7) is 10.3. The molecule has 118 valence electrons. The van der Waals surface area contributed by atoms with E-state index in [4.69, 9.17) is 0 Å². The molecule has 0 amide bonds. The van der Waals surface area contributed by atoms with Crippen molar-refractivity contribution < 1.29 is 4.21 Å². The summed E-state index contributed by atoms with van der Waals surface area (Å²) < 4.78 is 11.4. The Morgan fingerprint density at radius 1 is 1.20 bits per heavy atom. The summed E-state index contributed by atoms with van der Waals surface area (Å²) in [4.78, 5) is 2.66. The topological polar surface area (TPSA) is 32.3 Å². The fourth-order valence-corrected chi connectivity index (χ4v) is 4.30. The third-order valence-electron chi connectivity index (χ3n) is 5.33. The number of hydrogen-bond acceptors (Lipinski definition) is 3. The Kier molecular flexibility index (Phi) is 6.06. The Bertz CT molecular complexity index is 320. The molecule has 0 aromatic rings. The number of piperidine rings is 1. The maximum atomic E-state index is 11.4. The molecule has 4 unspecified atom stereocenters. The summed E-state index contributed by atoms with van der Waals surface area (Å²) in [7, 11) is -0.682. The molecule has 0 radical (unpaired) electrons. The molecule has 20 heavy (non-hydrogen) atoms. The monoisotopic (exact) mass is 300 g/mol. The van der Waals surface area contributed by atoms with Gasteiger partial charge in [0.05, 0.1) is 0 Å². The molecule has 2 bridgehead atoms. The Labute approximate surface area is 127 Å². The molecule has 0 aromatic carbocycles. The van der Waals surface area contributed by atoms with E-state index in [0.29, 0.717) is 17.3 Å². The second-order valence-corrected chi connectivity index (χ2v) is 8.88. The van der Waals surface area contributed by atoms with Crippen LogP contribution in [0.5, 0.6) is 0 Å². The molecule has 3 nitrogen and oxygen atoms in total. The van der Waals surface area contributed by atoms with Gasteiger partial charge in [0, 0.05) is 47.5 Å². The Hall–Kier alpha value is 0.0700. The fraction of sp³-hybridized carbons (Fsp3) is 1.00.